The van der Waals surface area contributed by atoms with Crippen LogP contribution in [0.15, 0.2) is 17.4 Å². The van der Waals surface area contributed by atoms with E-state index < -0.39 is 0 Å². The molecule has 2 heterocycles. The third kappa shape index (κ3) is 3.72. The summed E-state index contributed by atoms with van der Waals surface area (Å²) >= 11 is 1.52. The smallest absolute Gasteiger partial charge is 0.281 e. The number of amides is 1. The van der Waals surface area contributed by atoms with E-state index in [1.807, 2.05) is 6.07 Å². The lowest BCUT2D eigenvalue weighted by atomic mass is 9.90. The highest BCUT2D eigenvalue weighted by atomic mass is 32.1. The van der Waals surface area contributed by atoms with Crippen LogP contribution in [-0.4, -0.2) is 27.3 Å². The Kier molecular flexibility index (Phi) is 5.15. The van der Waals surface area contributed by atoms with E-state index >= 15 is 0 Å². The molecule has 1 aliphatic carbocycles. The van der Waals surface area contributed by atoms with Crippen LogP contribution in [0.5, 0.6) is 5.75 Å². The number of aryl methyl sites for hydroxylation is 2. The van der Waals surface area contributed by atoms with Crippen molar-refractivity contribution in [2.75, 3.05) is 0 Å². The Morgan fingerprint density at radius 2 is 2.36 bits per heavy atom. The number of nitrogens with one attached hydrogen (secondary N) is 1. The second kappa shape index (κ2) is 7.33. The van der Waals surface area contributed by atoms with Gasteiger partial charge in [0.15, 0.2) is 0 Å². The molecule has 2 aromatic rings. The molecule has 0 aliphatic heterocycles. The van der Waals surface area contributed by atoms with Crippen molar-refractivity contribution in [3.8, 4) is 5.75 Å². The maximum atomic E-state index is 12.3. The largest absolute Gasteiger partial charge is 0.505 e. The fourth-order valence-corrected chi connectivity index (χ4v) is 4.05. The fraction of sp³-hybridized carbons (Fsp3) is 0.389. The second-order valence-corrected chi connectivity index (χ2v) is 7.53. The molecule has 0 fully saturated rings. The van der Waals surface area contributed by atoms with Crippen molar-refractivity contribution in [2.45, 2.75) is 39.7 Å². The van der Waals surface area contributed by atoms with Crippen molar-refractivity contribution >= 4 is 23.5 Å². The summed E-state index contributed by atoms with van der Waals surface area (Å²) < 4.78 is 0. The van der Waals surface area contributed by atoms with Gasteiger partial charge in [-0.15, -0.1) is 11.3 Å². The molecule has 0 bridgehead atoms. The number of carbonyl (C=O) groups excluding carboxylic acids is 1. The summed E-state index contributed by atoms with van der Waals surface area (Å²) in [7, 11) is 0. The number of hydrogen-bond donors (Lipinski definition) is 3. The van der Waals surface area contributed by atoms with Crippen LogP contribution in [0.25, 0.3) is 0 Å². The third-order valence-corrected chi connectivity index (χ3v) is 5.68. The lowest BCUT2D eigenvalue weighted by molar-refractivity contribution is 0.0959. The van der Waals surface area contributed by atoms with Gasteiger partial charge in [0.1, 0.15) is 5.75 Å². The van der Waals surface area contributed by atoms with Crippen LogP contribution in [0.1, 0.15) is 50.3 Å². The quantitative estimate of drug-likeness (QED) is 0.577. The topological polar surface area (TPSA) is 94.8 Å². The molecule has 0 radical (unpaired) electrons. The molecule has 6 nitrogen and oxygen atoms in total. The molecule has 0 saturated carbocycles. The highest BCUT2D eigenvalue weighted by molar-refractivity contribution is 7.14. The molecule has 1 aliphatic rings. The molecule has 3 N–H and O–H groups in total. The first kappa shape index (κ1) is 17.6. The van der Waals surface area contributed by atoms with Gasteiger partial charge >= 0.3 is 0 Å². The number of aromatic hydroxyl groups is 1. The molecular formula is C18H21N3O3S. The Labute approximate surface area is 150 Å². The third-order valence-electron chi connectivity index (χ3n) is 4.44. The summed E-state index contributed by atoms with van der Waals surface area (Å²) in [4.78, 5) is 18.2. The number of hydrazone groups is 1. The fourth-order valence-electron chi connectivity index (χ4n) is 2.95. The average molecular weight is 359 g/mol. The van der Waals surface area contributed by atoms with E-state index in [1.54, 1.807) is 6.92 Å². The summed E-state index contributed by atoms with van der Waals surface area (Å²) in [5.41, 5.74) is 5.00. The first-order chi connectivity index (χ1) is 12.0. The second-order valence-electron chi connectivity index (χ2n) is 6.40. The first-order valence-corrected chi connectivity index (χ1v) is 9.04. The molecule has 0 aromatic carbocycles. The van der Waals surface area contributed by atoms with Crippen molar-refractivity contribution in [2.24, 2.45) is 11.0 Å². The number of nitrogens with zero attached hydrogens (tertiary/aromatic N) is 2. The molecular weight excluding hydrogens is 338 g/mol. The number of aromatic nitrogens is 1. The summed E-state index contributed by atoms with van der Waals surface area (Å²) in [6.07, 6.45) is 6.03. The lowest BCUT2D eigenvalue weighted by Crippen LogP contribution is -2.16. The van der Waals surface area contributed by atoms with Gasteiger partial charge in [0, 0.05) is 22.2 Å². The van der Waals surface area contributed by atoms with E-state index in [-0.39, 0.29) is 18.3 Å². The molecule has 132 valence electrons. The average Bonchev–Trinajstić information content (AvgIpc) is 3.02. The molecule has 0 spiro atoms. The van der Waals surface area contributed by atoms with Crippen molar-refractivity contribution in [3.63, 3.8) is 0 Å². The van der Waals surface area contributed by atoms with Gasteiger partial charge in [0.05, 0.1) is 23.4 Å². The van der Waals surface area contributed by atoms with Gasteiger partial charge in [-0.25, -0.2) is 5.43 Å². The van der Waals surface area contributed by atoms with Crippen LogP contribution >= 0.6 is 11.3 Å². The standard InChI is InChI=1S/C18H21N3O3S/c1-10-3-4-15-12(5-10)6-16(25-15)18(24)21-20-8-14-13(9-22)7-19-11(2)17(14)23/h6-8,10,22-23H,3-5,9H2,1-2H3,(H,21,24)/b20-8+/t10-/m0/s1. The lowest BCUT2D eigenvalue weighted by Gasteiger charge is -2.16. The van der Waals surface area contributed by atoms with Crippen LogP contribution in [0, 0.1) is 12.8 Å². The zero-order valence-electron chi connectivity index (χ0n) is 14.2. The highest BCUT2D eigenvalue weighted by Gasteiger charge is 2.20. The summed E-state index contributed by atoms with van der Waals surface area (Å²) in [5, 5.41) is 23.3. The molecule has 2 aromatic heterocycles. The number of hydrogen-bond acceptors (Lipinski definition) is 6. The van der Waals surface area contributed by atoms with Crippen LogP contribution in [0.3, 0.4) is 0 Å². The highest BCUT2D eigenvalue weighted by Crippen LogP contribution is 2.32. The Morgan fingerprint density at radius 3 is 3.12 bits per heavy atom. The van der Waals surface area contributed by atoms with Crippen LogP contribution in [0.2, 0.25) is 0 Å². The SMILES string of the molecule is Cc1ncc(CO)c(/C=N/NC(=O)c2cc3c(s2)CC[C@H](C)C3)c1O. The minimum absolute atomic E-state index is 0.0508. The number of aliphatic hydroxyl groups excluding tert-OH is 1. The minimum Gasteiger partial charge on any atom is -0.505 e. The predicted octanol–water partition coefficient (Wildman–Crippen LogP) is 2.54. The summed E-state index contributed by atoms with van der Waals surface area (Å²) in [6, 6.07) is 1.95. The van der Waals surface area contributed by atoms with Crippen LogP contribution < -0.4 is 5.43 Å². The maximum Gasteiger partial charge on any atom is 0.281 e. The van der Waals surface area contributed by atoms with Crippen LogP contribution in [-0.2, 0) is 19.4 Å². The number of fused-ring (bicyclic) bond motifs is 1. The monoisotopic (exact) mass is 359 g/mol. The van der Waals surface area contributed by atoms with E-state index in [9.17, 15) is 15.0 Å². The van der Waals surface area contributed by atoms with Gasteiger partial charge in [-0.1, -0.05) is 6.92 Å². The maximum absolute atomic E-state index is 12.3. The Balaban J connectivity index is 1.73. The molecule has 1 atom stereocenters. The number of thiophene rings is 1. The zero-order valence-corrected chi connectivity index (χ0v) is 15.1. The number of rotatable bonds is 4. The normalized spacial score (nSPS) is 16.8. The summed E-state index contributed by atoms with van der Waals surface area (Å²) in [5.74, 6) is 0.343. The molecule has 0 unspecified atom stereocenters. The van der Waals surface area contributed by atoms with Crippen LogP contribution in [0.4, 0.5) is 0 Å². The number of carbonyl (C=O) groups is 1. The molecule has 3 rings (SSSR count). The summed E-state index contributed by atoms with van der Waals surface area (Å²) in [6.45, 7) is 3.61. The van der Waals surface area contributed by atoms with Gasteiger partial charge < -0.3 is 10.2 Å². The van der Waals surface area contributed by atoms with Gasteiger partial charge in [-0.05, 0) is 43.7 Å². The minimum atomic E-state index is -0.272. The van der Waals surface area contributed by atoms with E-state index in [0.29, 0.717) is 27.6 Å². The molecule has 1 amide bonds. The Morgan fingerprint density at radius 1 is 1.56 bits per heavy atom. The van der Waals surface area contributed by atoms with E-state index in [2.05, 4.69) is 22.4 Å². The van der Waals surface area contributed by atoms with E-state index in [4.69, 9.17) is 0 Å². The number of aliphatic hydroxyl groups is 1. The first-order valence-electron chi connectivity index (χ1n) is 8.23. The van der Waals surface area contributed by atoms with E-state index in [1.165, 1.54) is 34.2 Å². The Hall–Kier alpha value is -2.25. The zero-order chi connectivity index (χ0) is 18.0. The number of pyridine rings is 1. The van der Waals surface area contributed by atoms with Gasteiger partial charge in [-0.2, -0.15) is 5.10 Å². The van der Waals surface area contributed by atoms with Crippen molar-refractivity contribution < 1.29 is 15.0 Å². The molecule has 25 heavy (non-hydrogen) atoms. The van der Waals surface area contributed by atoms with Gasteiger partial charge in [-0.3, -0.25) is 9.78 Å². The van der Waals surface area contributed by atoms with Crippen molar-refractivity contribution in [3.05, 3.63) is 44.4 Å². The van der Waals surface area contributed by atoms with E-state index in [0.717, 1.165) is 19.3 Å². The molecule has 7 heteroatoms. The van der Waals surface area contributed by atoms with Gasteiger partial charge in [0.2, 0.25) is 0 Å². The Bertz CT molecular complexity index is 829. The van der Waals surface area contributed by atoms with Gasteiger partial charge in [0.25, 0.3) is 5.91 Å². The predicted molar refractivity (Wildman–Crippen MR) is 97.1 cm³/mol. The van der Waals surface area contributed by atoms with Crippen molar-refractivity contribution in [1.82, 2.24) is 10.4 Å². The van der Waals surface area contributed by atoms with Crippen molar-refractivity contribution in [1.29, 1.82) is 0 Å². The molecule has 0 saturated heterocycles.